The highest BCUT2D eigenvalue weighted by molar-refractivity contribution is 6.30. The van der Waals surface area contributed by atoms with Gasteiger partial charge in [-0.15, -0.1) is 11.6 Å². The van der Waals surface area contributed by atoms with E-state index in [0.717, 1.165) is 43.3 Å². The van der Waals surface area contributed by atoms with Crippen LogP contribution in [0.1, 0.15) is 45.9 Å². The molecule has 1 amide bonds. The Kier molecular flexibility index (Phi) is 7.83. The Labute approximate surface area is 195 Å². The van der Waals surface area contributed by atoms with Crippen molar-refractivity contribution in [1.82, 2.24) is 19.6 Å². The molecular weight excluding hydrogens is 429 g/mol. The maximum absolute atomic E-state index is 14.1. The van der Waals surface area contributed by atoms with E-state index in [1.165, 1.54) is 12.1 Å². The van der Waals surface area contributed by atoms with Crippen LogP contribution in [0.3, 0.4) is 0 Å². The fourth-order valence-corrected chi connectivity index (χ4v) is 4.33. The van der Waals surface area contributed by atoms with Gasteiger partial charge in [-0.2, -0.15) is 5.10 Å². The van der Waals surface area contributed by atoms with Crippen LogP contribution in [-0.4, -0.2) is 69.1 Å². The minimum absolute atomic E-state index is 0.00809. The number of hydrogen-bond acceptors (Lipinski definition) is 4. The molecule has 3 rings (SSSR count). The number of piperazine rings is 1. The van der Waals surface area contributed by atoms with E-state index < -0.39 is 5.38 Å². The van der Waals surface area contributed by atoms with Gasteiger partial charge in [0.15, 0.2) is 0 Å². The van der Waals surface area contributed by atoms with Gasteiger partial charge in [0, 0.05) is 43.8 Å². The molecule has 6 nitrogen and oxygen atoms in total. The summed E-state index contributed by atoms with van der Waals surface area (Å²) in [4.78, 5) is 19.4. The number of halogens is 2. The Morgan fingerprint density at radius 1 is 1.16 bits per heavy atom. The molecule has 1 saturated heterocycles. The van der Waals surface area contributed by atoms with Crippen molar-refractivity contribution in [3.05, 3.63) is 41.3 Å². The number of rotatable bonds is 7. The quantitative estimate of drug-likeness (QED) is 0.577. The van der Waals surface area contributed by atoms with Gasteiger partial charge >= 0.3 is 0 Å². The minimum atomic E-state index is -0.603. The van der Waals surface area contributed by atoms with Crippen molar-refractivity contribution in [3.8, 4) is 5.69 Å². The van der Waals surface area contributed by atoms with Gasteiger partial charge in [0.2, 0.25) is 5.91 Å². The molecule has 1 atom stereocenters. The van der Waals surface area contributed by atoms with Gasteiger partial charge in [-0.1, -0.05) is 6.07 Å². The van der Waals surface area contributed by atoms with Crippen molar-refractivity contribution < 1.29 is 9.18 Å². The van der Waals surface area contributed by atoms with Crippen molar-refractivity contribution in [2.75, 3.05) is 31.1 Å². The zero-order chi connectivity index (χ0) is 23.6. The van der Waals surface area contributed by atoms with Crippen molar-refractivity contribution >= 4 is 23.3 Å². The van der Waals surface area contributed by atoms with Gasteiger partial charge in [-0.3, -0.25) is 9.69 Å². The first-order valence-electron chi connectivity index (χ1n) is 11.4. The fraction of sp³-hybridized carbons (Fsp3) is 0.583. The Bertz CT molecular complexity index is 934. The first-order valence-corrected chi connectivity index (χ1v) is 11.8. The van der Waals surface area contributed by atoms with E-state index in [-0.39, 0.29) is 17.8 Å². The number of aromatic nitrogens is 2. The summed E-state index contributed by atoms with van der Waals surface area (Å²) >= 11 is 6.16. The molecule has 0 N–H and O–H groups in total. The van der Waals surface area contributed by atoms with Crippen molar-refractivity contribution in [3.63, 3.8) is 0 Å². The lowest BCUT2D eigenvalue weighted by atomic mass is 10.1. The van der Waals surface area contributed by atoms with Crippen LogP contribution >= 0.6 is 11.6 Å². The lowest BCUT2D eigenvalue weighted by Crippen LogP contribution is -2.49. The molecule has 0 aliphatic carbocycles. The molecule has 1 aliphatic heterocycles. The summed E-state index contributed by atoms with van der Waals surface area (Å²) in [7, 11) is 0. The predicted octanol–water partition coefficient (Wildman–Crippen LogP) is 4.21. The summed E-state index contributed by atoms with van der Waals surface area (Å²) in [6, 6.07) is 6.97. The minimum Gasteiger partial charge on any atom is -0.354 e. The van der Waals surface area contributed by atoms with Crippen LogP contribution in [0.2, 0.25) is 0 Å². The van der Waals surface area contributed by atoms with Gasteiger partial charge in [0.05, 0.1) is 17.9 Å². The van der Waals surface area contributed by atoms with E-state index >= 15 is 0 Å². The molecule has 1 aromatic heterocycles. The molecule has 1 fully saturated rings. The number of hydrogen-bond donors (Lipinski definition) is 0. The highest BCUT2D eigenvalue weighted by atomic mass is 35.5. The number of nitrogens with zero attached hydrogens (tertiary/aromatic N) is 5. The molecule has 0 spiro atoms. The second kappa shape index (κ2) is 10.2. The number of anilines is 1. The van der Waals surface area contributed by atoms with Gasteiger partial charge < -0.3 is 9.80 Å². The molecule has 176 valence electrons. The zero-order valence-corrected chi connectivity index (χ0v) is 20.7. The maximum Gasteiger partial charge on any atom is 0.240 e. The highest BCUT2D eigenvalue weighted by Gasteiger charge is 2.30. The molecule has 0 unspecified atom stereocenters. The molecule has 8 heteroatoms. The highest BCUT2D eigenvalue weighted by Crippen LogP contribution is 2.31. The summed E-state index contributed by atoms with van der Waals surface area (Å²) in [5.74, 6) is 0.523. The molecule has 2 aromatic rings. The second-order valence-electron chi connectivity index (χ2n) is 9.07. The van der Waals surface area contributed by atoms with E-state index in [9.17, 15) is 9.18 Å². The monoisotopic (exact) mass is 463 g/mol. The molecule has 32 heavy (non-hydrogen) atoms. The summed E-state index contributed by atoms with van der Waals surface area (Å²) < 4.78 is 15.9. The molecule has 0 radical (unpaired) electrons. The molecule has 0 saturated carbocycles. The van der Waals surface area contributed by atoms with Crippen molar-refractivity contribution in [1.29, 1.82) is 0 Å². The average Bonchev–Trinajstić information content (AvgIpc) is 3.07. The number of benzene rings is 1. The third kappa shape index (κ3) is 5.26. The second-order valence-corrected chi connectivity index (χ2v) is 9.73. The van der Waals surface area contributed by atoms with Gasteiger partial charge in [0.25, 0.3) is 0 Å². The SMILES string of the molecule is Cc1nn(-c2cccc(F)c2)c(N2CCN(C(C)C)CC2)c1CN(C(=O)[C@@H](C)Cl)C(C)C. The predicted molar refractivity (Wildman–Crippen MR) is 128 cm³/mol. The summed E-state index contributed by atoms with van der Waals surface area (Å²) in [5, 5.41) is 4.19. The first-order chi connectivity index (χ1) is 15.1. The molecule has 1 aromatic carbocycles. The normalized spacial score (nSPS) is 16.1. The van der Waals surface area contributed by atoms with E-state index in [1.807, 2.05) is 31.5 Å². The van der Waals surface area contributed by atoms with E-state index in [4.69, 9.17) is 16.7 Å². The van der Waals surface area contributed by atoms with Crippen LogP contribution < -0.4 is 4.90 Å². The average molecular weight is 464 g/mol. The summed E-state index contributed by atoms with van der Waals surface area (Å²) in [6.45, 7) is 16.0. The number of aryl methyl sites for hydroxylation is 1. The Morgan fingerprint density at radius 2 is 1.81 bits per heavy atom. The van der Waals surface area contributed by atoms with Crippen LogP contribution in [0.25, 0.3) is 5.69 Å². The summed E-state index contributed by atoms with van der Waals surface area (Å²) in [5.41, 5.74) is 2.48. The van der Waals surface area contributed by atoms with Crippen molar-refractivity contribution in [2.24, 2.45) is 0 Å². The Hall–Kier alpha value is -2.12. The first kappa shape index (κ1) is 24.5. The maximum atomic E-state index is 14.1. The Balaban J connectivity index is 2.06. The third-order valence-electron chi connectivity index (χ3n) is 6.13. The van der Waals surface area contributed by atoms with Gasteiger partial charge in [-0.05, 0) is 59.7 Å². The molecule has 2 heterocycles. The fourth-order valence-electron chi connectivity index (χ4n) is 4.21. The largest absolute Gasteiger partial charge is 0.354 e. The topological polar surface area (TPSA) is 44.6 Å². The third-order valence-corrected chi connectivity index (χ3v) is 6.32. The van der Waals surface area contributed by atoms with Crippen molar-refractivity contribution in [2.45, 2.75) is 65.5 Å². The van der Waals surface area contributed by atoms with Gasteiger partial charge in [-0.25, -0.2) is 9.07 Å². The lowest BCUT2D eigenvalue weighted by Gasteiger charge is -2.39. The molecule has 0 bridgehead atoms. The van der Waals surface area contributed by atoms with Crippen LogP contribution in [0, 0.1) is 12.7 Å². The van der Waals surface area contributed by atoms with E-state index in [2.05, 4.69) is 23.6 Å². The van der Waals surface area contributed by atoms with Crippen LogP contribution in [0.4, 0.5) is 10.2 Å². The number of carbonyl (C=O) groups excluding carboxylic acids is 1. The number of carbonyl (C=O) groups is 1. The number of alkyl halides is 1. The molecule has 1 aliphatic rings. The number of amides is 1. The van der Waals surface area contributed by atoms with Gasteiger partial charge in [0.1, 0.15) is 17.0 Å². The Morgan fingerprint density at radius 3 is 2.34 bits per heavy atom. The van der Waals surface area contributed by atoms with E-state index in [1.54, 1.807) is 17.9 Å². The summed E-state index contributed by atoms with van der Waals surface area (Å²) in [6.07, 6.45) is 0. The standard InChI is InChI=1S/C24H35ClFN5O/c1-16(2)28-10-12-29(13-11-28)23-22(15-30(17(3)4)24(32)18(5)25)19(6)27-31(23)21-9-7-8-20(26)14-21/h7-9,14,16-18H,10-13,15H2,1-6H3/t18-/m1/s1. The molecular formula is C24H35ClFN5O. The van der Waals surface area contributed by atoms with Crippen LogP contribution in [0.15, 0.2) is 24.3 Å². The smallest absolute Gasteiger partial charge is 0.240 e. The van der Waals surface area contributed by atoms with Crippen LogP contribution in [0.5, 0.6) is 0 Å². The zero-order valence-electron chi connectivity index (χ0n) is 20.0. The van der Waals surface area contributed by atoms with Crippen LogP contribution in [-0.2, 0) is 11.3 Å². The van der Waals surface area contributed by atoms with E-state index in [0.29, 0.717) is 18.3 Å². The lowest BCUT2D eigenvalue weighted by molar-refractivity contribution is -0.132.